The summed E-state index contributed by atoms with van der Waals surface area (Å²) < 4.78 is 1.57. The van der Waals surface area contributed by atoms with Crippen LogP contribution < -0.4 is 21.7 Å². The van der Waals surface area contributed by atoms with Gasteiger partial charge in [-0.2, -0.15) is 0 Å². The summed E-state index contributed by atoms with van der Waals surface area (Å²) in [6.45, 7) is 7.87. The minimum atomic E-state index is -0.271. The van der Waals surface area contributed by atoms with E-state index in [0.717, 1.165) is 6.42 Å². The van der Waals surface area contributed by atoms with Crippen molar-refractivity contribution in [1.82, 2.24) is 46.8 Å². The summed E-state index contributed by atoms with van der Waals surface area (Å²) >= 11 is 0. The molecule has 1 aromatic rings. The molecular weight excluding hydrogens is 310 g/mol. The molecule has 10 nitrogen and oxygen atoms in total. The average Bonchev–Trinajstić information content (AvgIpc) is 3.25. The van der Waals surface area contributed by atoms with Gasteiger partial charge in [0.2, 0.25) is 5.91 Å². The summed E-state index contributed by atoms with van der Waals surface area (Å²) in [6.07, 6.45) is 2.24. The van der Waals surface area contributed by atoms with E-state index in [9.17, 15) is 4.79 Å². The van der Waals surface area contributed by atoms with Gasteiger partial charge in [-0.3, -0.25) is 21.1 Å². The lowest BCUT2D eigenvalue weighted by Crippen LogP contribution is -2.45. The second kappa shape index (κ2) is 6.71. The van der Waals surface area contributed by atoms with Gasteiger partial charge in [-0.15, -0.1) is 5.10 Å². The van der Waals surface area contributed by atoms with Crippen molar-refractivity contribution >= 4 is 5.91 Å². The molecule has 0 aliphatic carbocycles. The van der Waals surface area contributed by atoms with Crippen LogP contribution in [0.2, 0.25) is 0 Å². The molecule has 1 aromatic heterocycles. The fourth-order valence-corrected chi connectivity index (χ4v) is 3.27. The number of nitrogens with zero attached hydrogens (tertiary/aromatic N) is 5. The lowest BCUT2D eigenvalue weighted by atomic mass is 9.84. The molecule has 0 radical (unpaired) electrons. The molecule has 2 aliphatic rings. The Morgan fingerprint density at radius 3 is 2.75 bits per heavy atom. The third-order valence-electron chi connectivity index (χ3n) is 4.82. The number of nitrogens with one attached hydrogen (secondary N) is 4. The van der Waals surface area contributed by atoms with Crippen molar-refractivity contribution in [3.05, 3.63) is 6.33 Å². The quantitative estimate of drug-likeness (QED) is 0.533. The molecule has 2 aliphatic heterocycles. The molecule has 2 saturated heterocycles. The second-order valence-corrected chi connectivity index (χ2v) is 7.73. The van der Waals surface area contributed by atoms with Gasteiger partial charge in [-0.25, -0.2) is 10.1 Å². The molecular formula is C14H27N9O. The van der Waals surface area contributed by atoms with E-state index in [4.69, 9.17) is 0 Å². The van der Waals surface area contributed by atoms with Crippen LogP contribution in [-0.2, 0) is 4.79 Å². The zero-order valence-electron chi connectivity index (χ0n) is 14.7. The van der Waals surface area contributed by atoms with Crippen LogP contribution >= 0.6 is 0 Å². The van der Waals surface area contributed by atoms with E-state index in [1.165, 1.54) is 6.33 Å². The highest BCUT2D eigenvalue weighted by Crippen LogP contribution is 2.26. The third kappa shape index (κ3) is 3.56. The number of rotatable bonds is 4. The zero-order chi connectivity index (χ0) is 17.3. The molecule has 134 valence electrons. The molecule has 4 N–H and O–H groups in total. The number of hydrazine groups is 2. The van der Waals surface area contributed by atoms with Crippen molar-refractivity contribution in [2.24, 2.45) is 11.3 Å². The van der Waals surface area contributed by atoms with Crippen LogP contribution in [0.25, 0.3) is 0 Å². The van der Waals surface area contributed by atoms with Gasteiger partial charge >= 0.3 is 0 Å². The summed E-state index contributed by atoms with van der Waals surface area (Å²) in [5.74, 6) is -0.166. The predicted octanol–water partition coefficient (Wildman–Crippen LogP) is -1.36. The maximum absolute atomic E-state index is 12.8. The van der Waals surface area contributed by atoms with Crippen LogP contribution in [-0.4, -0.2) is 63.2 Å². The number of hydrogen-bond acceptors (Lipinski definition) is 8. The van der Waals surface area contributed by atoms with E-state index >= 15 is 0 Å². The van der Waals surface area contributed by atoms with Crippen LogP contribution in [0.15, 0.2) is 6.33 Å². The largest absolute Gasteiger partial charge is 0.344 e. The van der Waals surface area contributed by atoms with Gasteiger partial charge in [0, 0.05) is 32.2 Å². The fraction of sp³-hybridized carbons (Fsp3) is 0.857. The first-order valence-electron chi connectivity index (χ1n) is 8.33. The van der Waals surface area contributed by atoms with E-state index in [2.05, 4.69) is 58.0 Å². The summed E-state index contributed by atoms with van der Waals surface area (Å²) in [7, 11) is 1.85. The van der Waals surface area contributed by atoms with E-state index in [1.807, 2.05) is 7.05 Å². The van der Waals surface area contributed by atoms with E-state index in [1.54, 1.807) is 9.58 Å². The van der Waals surface area contributed by atoms with Gasteiger partial charge in [0.05, 0.1) is 5.92 Å². The summed E-state index contributed by atoms with van der Waals surface area (Å²) in [4.78, 5) is 14.6. The molecule has 2 fully saturated rings. The first kappa shape index (κ1) is 17.2. The first-order chi connectivity index (χ1) is 11.4. The molecule has 3 rings (SSSR count). The van der Waals surface area contributed by atoms with Gasteiger partial charge in [-0.05, 0) is 22.3 Å². The van der Waals surface area contributed by atoms with Gasteiger partial charge in [0.1, 0.15) is 12.5 Å². The molecule has 0 spiro atoms. The Morgan fingerprint density at radius 2 is 2.12 bits per heavy atom. The van der Waals surface area contributed by atoms with Crippen molar-refractivity contribution in [2.45, 2.75) is 45.4 Å². The number of hydrogen-bond donors (Lipinski definition) is 4. The maximum Gasteiger partial charge on any atom is 0.230 e. The lowest BCUT2D eigenvalue weighted by molar-refractivity contribution is -0.135. The number of carbonyl (C=O) groups is 1. The van der Waals surface area contributed by atoms with Crippen LogP contribution in [0.5, 0.6) is 0 Å². The summed E-state index contributed by atoms with van der Waals surface area (Å²) in [6, 6.07) is 0.645. The van der Waals surface area contributed by atoms with Crippen molar-refractivity contribution in [3.8, 4) is 0 Å². The minimum absolute atomic E-state index is 0.0778. The van der Waals surface area contributed by atoms with Crippen molar-refractivity contribution in [1.29, 1.82) is 0 Å². The number of aromatic nitrogens is 4. The Morgan fingerprint density at radius 1 is 1.33 bits per heavy atom. The standard InChI is InChI=1S/C14H27N9O/c1-14(2,3)11-5-9(17-18-11)7-22(4)13(24)10-6-15-19-12(10)23-8-16-20-21-23/h8-12,15,17-19H,5-7H2,1-4H3. The maximum atomic E-state index is 12.8. The van der Waals surface area contributed by atoms with Gasteiger partial charge in [-0.1, -0.05) is 20.8 Å². The summed E-state index contributed by atoms with van der Waals surface area (Å²) in [5, 5.41) is 11.2. The highest BCUT2D eigenvalue weighted by molar-refractivity contribution is 5.79. The molecule has 4 atom stereocenters. The van der Waals surface area contributed by atoms with Gasteiger partial charge in [0.25, 0.3) is 0 Å². The Bertz CT molecular complexity index is 555. The zero-order valence-corrected chi connectivity index (χ0v) is 14.7. The Balaban J connectivity index is 1.57. The molecule has 1 amide bonds. The van der Waals surface area contributed by atoms with Crippen molar-refractivity contribution in [3.63, 3.8) is 0 Å². The molecule has 0 bridgehead atoms. The topological polar surface area (TPSA) is 112 Å². The number of likely N-dealkylation sites (N-methyl/N-ethyl adjacent to an activating group) is 1. The highest BCUT2D eigenvalue weighted by Gasteiger charge is 2.38. The monoisotopic (exact) mass is 337 g/mol. The number of amides is 1. The normalized spacial score (nSPS) is 30.7. The first-order valence-corrected chi connectivity index (χ1v) is 8.33. The third-order valence-corrected chi connectivity index (χ3v) is 4.82. The highest BCUT2D eigenvalue weighted by atomic mass is 16.2. The van der Waals surface area contributed by atoms with Crippen LogP contribution in [0.1, 0.15) is 33.4 Å². The van der Waals surface area contributed by atoms with Crippen LogP contribution in [0.4, 0.5) is 0 Å². The van der Waals surface area contributed by atoms with E-state index in [0.29, 0.717) is 19.1 Å². The van der Waals surface area contributed by atoms with E-state index < -0.39 is 0 Å². The minimum Gasteiger partial charge on any atom is -0.344 e. The molecule has 3 heterocycles. The Kier molecular flexibility index (Phi) is 4.81. The molecule has 4 unspecified atom stereocenters. The number of carbonyl (C=O) groups excluding carboxylic acids is 1. The fourth-order valence-electron chi connectivity index (χ4n) is 3.27. The Hall–Kier alpha value is -1.62. The molecule has 10 heteroatoms. The molecule has 0 saturated carbocycles. The molecule has 0 aromatic carbocycles. The van der Waals surface area contributed by atoms with Crippen molar-refractivity contribution in [2.75, 3.05) is 20.1 Å². The predicted molar refractivity (Wildman–Crippen MR) is 87.0 cm³/mol. The second-order valence-electron chi connectivity index (χ2n) is 7.73. The molecule has 24 heavy (non-hydrogen) atoms. The van der Waals surface area contributed by atoms with Crippen LogP contribution in [0, 0.1) is 11.3 Å². The lowest BCUT2D eigenvalue weighted by Gasteiger charge is -2.27. The van der Waals surface area contributed by atoms with Crippen molar-refractivity contribution < 1.29 is 4.79 Å². The smallest absolute Gasteiger partial charge is 0.230 e. The average molecular weight is 337 g/mol. The van der Waals surface area contributed by atoms with Gasteiger partial charge < -0.3 is 4.90 Å². The number of tetrazole rings is 1. The van der Waals surface area contributed by atoms with Crippen LogP contribution in [0.3, 0.4) is 0 Å². The summed E-state index contributed by atoms with van der Waals surface area (Å²) in [5.41, 5.74) is 12.9. The Labute approximate surface area is 141 Å². The SMILES string of the molecule is CN(CC1CC(C(C)(C)C)NN1)C(=O)C1CNNC1n1cnnn1. The van der Waals surface area contributed by atoms with E-state index in [-0.39, 0.29) is 29.4 Å². The van der Waals surface area contributed by atoms with Gasteiger partial charge in [0.15, 0.2) is 0 Å².